The highest BCUT2D eigenvalue weighted by atomic mass is 32.2. The molecule has 1 aliphatic heterocycles. The summed E-state index contributed by atoms with van der Waals surface area (Å²) >= 11 is 1.56. The number of benzene rings is 1. The number of fused-ring (bicyclic) bond motifs is 5. The van der Waals surface area contributed by atoms with Gasteiger partial charge in [0, 0.05) is 22.3 Å². The number of carbonyl (C=O) groups excluding carboxylic acids is 1. The minimum absolute atomic E-state index is 0.109. The summed E-state index contributed by atoms with van der Waals surface area (Å²) in [5, 5.41) is 0.623. The first kappa shape index (κ1) is 22.5. The molecular weight excluding hydrogens is 440 g/mol. The van der Waals surface area contributed by atoms with Gasteiger partial charge in [0.2, 0.25) is 5.12 Å². The van der Waals surface area contributed by atoms with Crippen molar-refractivity contribution >= 4 is 26.7 Å². The van der Waals surface area contributed by atoms with Crippen molar-refractivity contribution in [2.45, 2.75) is 69.1 Å². The molecule has 4 aliphatic rings. The van der Waals surface area contributed by atoms with Crippen molar-refractivity contribution in [2.75, 3.05) is 6.26 Å². The molecular formula is C26H34O4S2. The fourth-order valence-electron chi connectivity index (χ4n) is 7.61. The van der Waals surface area contributed by atoms with Crippen LogP contribution >= 0.6 is 11.8 Å². The number of thioether (sulfide) groups is 1. The Morgan fingerprint density at radius 3 is 2.47 bits per heavy atom. The second-order valence-corrected chi connectivity index (χ2v) is 14.3. The fourth-order valence-corrected chi connectivity index (χ4v) is 9.57. The van der Waals surface area contributed by atoms with Crippen LogP contribution in [0.2, 0.25) is 0 Å². The van der Waals surface area contributed by atoms with Gasteiger partial charge in [0.15, 0.2) is 9.84 Å². The van der Waals surface area contributed by atoms with Gasteiger partial charge in [-0.3, -0.25) is 4.79 Å². The van der Waals surface area contributed by atoms with Crippen molar-refractivity contribution in [1.29, 1.82) is 0 Å². The lowest BCUT2D eigenvalue weighted by Crippen LogP contribution is -2.56. The second kappa shape index (κ2) is 7.63. The molecule has 0 unspecified atom stereocenters. The average Bonchev–Trinajstić information content (AvgIpc) is 3.05. The molecule has 0 amide bonds. The fraction of sp³-hybridized carbons (Fsp3) is 0.654. The highest BCUT2D eigenvalue weighted by Gasteiger charge is 2.62. The Morgan fingerprint density at radius 2 is 1.78 bits per heavy atom. The predicted octanol–water partition coefficient (Wildman–Crippen LogP) is 5.52. The first-order valence-corrected chi connectivity index (χ1v) is 14.7. The van der Waals surface area contributed by atoms with Crippen LogP contribution in [0.4, 0.5) is 0 Å². The number of allylic oxidation sites excluding steroid dienone is 1. The Labute approximate surface area is 196 Å². The van der Waals surface area contributed by atoms with Gasteiger partial charge in [-0.1, -0.05) is 38.6 Å². The zero-order chi connectivity index (χ0) is 22.9. The topological polar surface area (TPSA) is 60.4 Å². The van der Waals surface area contributed by atoms with Crippen LogP contribution in [0.15, 0.2) is 41.3 Å². The molecule has 0 N–H and O–H groups in total. The van der Waals surface area contributed by atoms with Crippen LogP contribution in [-0.4, -0.2) is 31.1 Å². The van der Waals surface area contributed by atoms with E-state index < -0.39 is 9.84 Å². The second-order valence-electron chi connectivity index (χ2n) is 11.1. The molecule has 3 fully saturated rings. The van der Waals surface area contributed by atoms with E-state index in [0.29, 0.717) is 33.8 Å². The molecule has 0 aromatic heterocycles. The van der Waals surface area contributed by atoms with E-state index in [9.17, 15) is 13.2 Å². The van der Waals surface area contributed by atoms with E-state index in [1.54, 1.807) is 36.0 Å². The molecule has 0 spiro atoms. The Kier molecular flexibility index (Phi) is 5.37. The Morgan fingerprint density at radius 1 is 1.06 bits per heavy atom. The van der Waals surface area contributed by atoms with Crippen molar-refractivity contribution in [3.8, 4) is 5.75 Å². The van der Waals surface area contributed by atoms with Gasteiger partial charge < -0.3 is 4.74 Å². The van der Waals surface area contributed by atoms with Gasteiger partial charge in [0.1, 0.15) is 11.9 Å². The minimum atomic E-state index is -3.20. The third kappa shape index (κ3) is 3.48. The molecule has 0 saturated heterocycles. The number of sulfone groups is 1. The molecule has 6 heteroatoms. The maximum absolute atomic E-state index is 12.1. The van der Waals surface area contributed by atoms with Crippen molar-refractivity contribution < 1.29 is 17.9 Å². The van der Waals surface area contributed by atoms with Crippen LogP contribution in [0.5, 0.6) is 5.75 Å². The molecule has 174 valence electrons. The first-order chi connectivity index (χ1) is 15.0. The van der Waals surface area contributed by atoms with Crippen LogP contribution in [0.3, 0.4) is 0 Å². The van der Waals surface area contributed by atoms with E-state index in [1.165, 1.54) is 19.1 Å². The van der Waals surface area contributed by atoms with Crippen molar-refractivity contribution in [2.24, 2.45) is 34.5 Å². The predicted molar refractivity (Wildman–Crippen MR) is 128 cm³/mol. The molecule has 0 radical (unpaired) electrons. The quantitative estimate of drug-likeness (QED) is 0.577. The summed E-state index contributed by atoms with van der Waals surface area (Å²) in [5.41, 5.74) is 0.243. The van der Waals surface area contributed by atoms with Crippen LogP contribution in [0.1, 0.15) is 52.9 Å². The Hall–Kier alpha value is -1.27. The lowest BCUT2D eigenvalue weighted by atomic mass is 9.47. The SMILES string of the molecule is C[C@H]1C[C@H]2SC(=O)C=C[C@]2(C)[C@H]2CC[C@]3(C)[C@@H](Oc4ccc(S(C)(=O)=O)cc4)CC[C@H]3[C@H]12. The van der Waals surface area contributed by atoms with E-state index in [0.717, 1.165) is 25.0 Å². The summed E-state index contributed by atoms with van der Waals surface area (Å²) in [6.45, 7) is 7.23. The van der Waals surface area contributed by atoms with Gasteiger partial charge in [-0.2, -0.15) is 0 Å². The Bertz CT molecular complexity index is 1050. The van der Waals surface area contributed by atoms with E-state index >= 15 is 0 Å². The normalized spacial score (nSPS) is 43.3. The van der Waals surface area contributed by atoms with Gasteiger partial charge in [0.25, 0.3) is 0 Å². The molecule has 3 aliphatic carbocycles. The molecule has 4 nitrogen and oxygen atoms in total. The summed E-state index contributed by atoms with van der Waals surface area (Å²) in [7, 11) is -3.20. The standard InChI is InChI=1S/C26H34O4S2/c1-16-15-22-26(3,14-12-23(27)31-22)20-11-13-25(2)19(24(16)20)9-10-21(25)30-17-5-7-18(8-6-17)32(4,28)29/h5-8,12,14,16,19-22,24H,9-11,13,15H2,1-4H3/t16-,19-,20-,21-,22+,24-,25-,26+/m0/s1. The van der Waals surface area contributed by atoms with Crippen molar-refractivity contribution in [3.05, 3.63) is 36.4 Å². The van der Waals surface area contributed by atoms with Gasteiger partial charge in [-0.15, -0.1) is 0 Å². The van der Waals surface area contributed by atoms with Crippen LogP contribution in [0, 0.1) is 34.5 Å². The van der Waals surface area contributed by atoms with Crippen LogP contribution in [0.25, 0.3) is 0 Å². The zero-order valence-electron chi connectivity index (χ0n) is 19.4. The number of rotatable bonds is 3. The summed E-state index contributed by atoms with van der Waals surface area (Å²) in [6.07, 6.45) is 11.1. The summed E-state index contributed by atoms with van der Waals surface area (Å²) in [4.78, 5) is 12.4. The molecule has 32 heavy (non-hydrogen) atoms. The number of hydrogen-bond acceptors (Lipinski definition) is 5. The smallest absolute Gasteiger partial charge is 0.212 e. The average molecular weight is 475 g/mol. The highest BCUT2D eigenvalue weighted by molar-refractivity contribution is 8.14. The lowest BCUT2D eigenvalue weighted by Gasteiger charge is -2.60. The molecule has 1 aromatic rings. The largest absolute Gasteiger partial charge is 0.490 e. The van der Waals surface area contributed by atoms with E-state index in [2.05, 4.69) is 26.8 Å². The van der Waals surface area contributed by atoms with E-state index in [4.69, 9.17) is 4.74 Å². The third-order valence-electron chi connectivity index (χ3n) is 9.35. The number of ether oxygens (including phenoxy) is 1. The maximum atomic E-state index is 12.1. The van der Waals surface area contributed by atoms with Gasteiger partial charge in [-0.25, -0.2) is 8.42 Å². The van der Waals surface area contributed by atoms with Crippen LogP contribution in [-0.2, 0) is 14.6 Å². The van der Waals surface area contributed by atoms with Gasteiger partial charge in [-0.05, 0) is 86.1 Å². The van der Waals surface area contributed by atoms with Crippen molar-refractivity contribution in [3.63, 3.8) is 0 Å². The molecule has 8 atom stereocenters. The first-order valence-electron chi connectivity index (χ1n) is 11.9. The zero-order valence-corrected chi connectivity index (χ0v) is 21.0. The molecule has 3 saturated carbocycles. The van der Waals surface area contributed by atoms with E-state index in [1.807, 2.05) is 6.08 Å². The Balaban J connectivity index is 1.39. The van der Waals surface area contributed by atoms with Crippen LogP contribution < -0.4 is 4.74 Å². The van der Waals surface area contributed by atoms with Gasteiger partial charge >= 0.3 is 0 Å². The minimum Gasteiger partial charge on any atom is -0.490 e. The molecule has 0 bridgehead atoms. The lowest BCUT2D eigenvalue weighted by molar-refractivity contribution is -0.108. The summed E-state index contributed by atoms with van der Waals surface area (Å²) in [6, 6.07) is 6.90. The summed E-state index contributed by atoms with van der Waals surface area (Å²) < 4.78 is 30.1. The van der Waals surface area contributed by atoms with E-state index in [-0.39, 0.29) is 22.0 Å². The highest BCUT2D eigenvalue weighted by Crippen LogP contribution is 2.66. The van der Waals surface area contributed by atoms with Gasteiger partial charge in [0.05, 0.1) is 4.90 Å². The molecule has 5 rings (SSSR count). The third-order valence-corrected chi connectivity index (χ3v) is 11.8. The maximum Gasteiger partial charge on any atom is 0.212 e. The summed E-state index contributed by atoms with van der Waals surface area (Å²) in [5.74, 6) is 3.29. The number of hydrogen-bond donors (Lipinski definition) is 0. The number of carbonyl (C=O) groups is 1. The molecule has 1 heterocycles. The molecule has 1 aromatic carbocycles. The van der Waals surface area contributed by atoms with Crippen molar-refractivity contribution in [1.82, 2.24) is 0 Å². The monoisotopic (exact) mass is 474 g/mol.